The Labute approximate surface area is 192 Å². The van der Waals surface area contributed by atoms with E-state index in [1.165, 1.54) is 0 Å². The van der Waals surface area contributed by atoms with Crippen molar-refractivity contribution >= 4 is 16.6 Å². The van der Waals surface area contributed by atoms with Crippen LogP contribution in [0.15, 0.2) is 35.3 Å². The molecule has 0 unspecified atom stereocenters. The Morgan fingerprint density at radius 1 is 1.33 bits per heavy atom. The van der Waals surface area contributed by atoms with Crippen molar-refractivity contribution in [2.24, 2.45) is 0 Å². The van der Waals surface area contributed by atoms with Gasteiger partial charge in [-0.2, -0.15) is 0 Å². The second kappa shape index (κ2) is 7.35. The number of fused-ring (bicyclic) bond motifs is 5. The molecule has 0 aliphatic carbocycles. The average Bonchev–Trinajstić information content (AvgIpc) is 3.15. The Morgan fingerprint density at radius 3 is 2.76 bits per heavy atom. The van der Waals surface area contributed by atoms with Gasteiger partial charge in [0.25, 0.3) is 5.56 Å². The minimum absolute atomic E-state index is 0.106. The highest BCUT2D eigenvalue weighted by atomic mass is 16.5. The van der Waals surface area contributed by atoms with E-state index in [0.29, 0.717) is 29.8 Å². The number of aliphatic hydroxyl groups is 1. The summed E-state index contributed by atoms with van der Waals surface area (Å²) in [5.41, 5.74) is 4.67. The lowest BCUT2D eigenvalue weighted by molar-refractivity contribution is -0.0172. The number of hydrogen-bond acceptors (Lipinski definition) is 6. The highest BCUT2D eigenvalue weighted by Crippen LogP contribution is 2.44. The predicted molar refractivity (Wildman–Crippen MR) is 129 cm³/mol. The normalized spacial score (nSPS) is 18.7. The molecule has 2 aromatic heterocycles. The van der Waals surface area contributed by atoms with Crippen molar-refractivity contribution in [2.45, 2.75) is 58.9 Å². The second-order valence-electron chi connectivity index (χ2n) is 9.19. The molecule has 0 radical (unpaired) electrons. The van der Waals surface area contributed by atoms with Gasteiger partial charge in [-0.1, -0.05) is 13.5 Å². The molecule has 33 heavy (non-hydrogen) atoms. The van der Waals surface area contributed by atoms with Crippen LogP contribution in [0.4, 0.5) is 5.69 Å². The molecule has 0 saturated heterocycles. The number of aryl methyl sites for hydroxylation is 1. The summed E-state index contributed by atoms with van der Waals surface area (Å²) in [6.45, 7) is 12.4. The summed E-state index contributed by atoms with van der Waals surface area (Å²) in [6, 6.07) is 6.10. The molecule has 7 heteroatoms. The molecule has 0 fully saturated rings. The zero-order valence-electron chi connectivity index (χ0n) is 19.7. The van der Waals surface area contributed by atoms with Gasteiger partial charge < -0.3 is 24.5 Å². The molecule has 0 spiro atoms. The molecule has 2 N–H and O–H groups in total. The number of anilines is 1. The summed E-state index contributed by atoms with van der Waals surface area (Å²) in [4.78, 5) is 18.5. The van der Waals surface area contributed by atoms with E-state index in [9.17, 15) is 9.90 Å². The third-order valence-electron chi connectivity index (χ3n) is 6.80. The molecular formula is C26H29N3O4. The van der Waals surface area contributed by atoms with E-state index in [1.54, 1.807) is 11.7 Å². The number of hydrogen-bond donors (Lipinski definition) is 2. The lowest BCUT2D eigenvalue weighted by atomic mass is 9.84. The van der Waals surface area contributed by atoms with Crippen molar-refractivity contribution in [3.63, 3.8) is 0 Å². The van der Waals surface area contributed by atoms with E-state index in [1.807, 2.05) is 32.0 Å². The molecule has 172 valence electrons. The number of aromatic nitrogens is 2. The second-order valence-corrected chi connectivity index (χ2v) is 9.19. The monoisotopic (exact) mass is 447 g/mol. The number of pyridine rings is 2. The number of benzene rings is 1. The molecule has 4 heterocycles. The Kier molecular flexibility index (Phi) is 4.79. The molecule has 1 atom stereocenters. The van der Waals surface area contributed by atoms with Crippen LogP contribution in [-0.4, -0.2) is 27.8 Å². The zero-order chi connectivity index (χ0) is 23.7. The van der Waals surface area contributed by atoms with Crippen molar-refractivity contribution in [3.8, 4) is 17.1 Å². The van der Waals surface area contributed by atoms with E-state index in [-0.39, 0.29) is 24.0 Å². The molecule has 2 aliphatic heterocycles. The maximum Gasteiger partial charge on any atom is 0.258 e. The van der Waals surface area contributed by atoms with Crippen molar-refractivity contribution in [3.05, 3.63) is 63.1 Å². The van der Waals surface area contributed by atoms with Crippen molar-refractivity contribution in [1.82, 2.24) is 9.55 Å². The number of nitrogens with one attached hydrogen (secondary N) is 1. The van der Waals surface area contributed by atoms with Gasteiger partial charge in [0.05, 0.1) is 41.8 Å². The van der Waals surface area contributed by atoms with Gasteiger partial charge in [-0.25, -0.2) is 4.98 Å². The number of rotatable bonds is 4. The lowest BCUT2D eigenvalue weighted by Crippen LogP contribution is -2.38. The summed E-state index contributed by atoms with van der Waals surface area (Å²) >= 11 is 0. The first-order chi connectivity index (χ1) is 15.7. The molecule has 5 rings (SSSR count). The average molecular weight is 448 g/mol. The first-order valence-electron chi connectivity index (χ1n) is 11.3. The molecular weight excluding hydrogens is 418 g/mol. The van der Waals surface area contributed by atoms with Crippen LogP contribution in [0.5, 0.6) is 5.75 Å². The molecule has 7 nitrogen and oxygen atoms in total. The van der Waals surface area contributed by atoms with Crippen LogP contribution >= 0.6 is 0 Å². The molecule has 0 amide bonds. The van der Waals surface area contributed by atoms with Gasteiger partial charge in [0, 0.05) is 22.6 Å². The maximum atomic E-state index is 13.5. The summed E-state index contributed by atoms with van der Waals surface area (Å²) in [7, 11) is 1.66. The maximum absolute atomic E-state index is 13.5. The van der Waals surface area contributed by atoms with E-state index in [2.05, 4.69) is 25.7 Å². The summed E-state index contributed by atoms with van der Waals surface area (Å²) in [5, 5.41) is 15.9. The standard InChI is InChI=1S/C26H29N3O4/c1-7-26(31)15(5)33-12-18-19(26)10-21-24-17(11-29(21)25(18)30)23(27-13(2)3)16-9-22(32-6)14(4)8-20(16)28-24/h8-10,13,31H,5,7,11-12H2,1-4,6H3,(H,27,28)/t26-/m1/s1. The fourth-order valence-corrected chi connectivity index (χ4v) is 5.00. The largest absolute Gasteiger partial charge is 0.496 e. The first-order valence-corrected chi connectivity index (χ1v) is 11.3. The van der Waals surface area contributed by atoms with Gasteiger partial charge in [-0.05, 0) is 51.0 Å². The third-order valence-corrected chi connectivity index (χ3v) is 6.80. The van der Waals surface area contributed by atoms with E-state index in [0.717, 1.165) is 39.2 Å². The Morgan fingerprint density at radius 2 is 2.09 bits per heavy atom. The van der Waals surface area contributed by atoms with Gasteiger partial charge in [0.1, 0.15) is 23.7 Å². The van der Waals surface area contributed by atoms with Gasteiger partial charge in [-0.15, -0.1) is 0 Å². The Bertz CT molecular complexity index is 1390. The van der Waals surface area contributed by atoms with Gasteiger partial charge in [0.2, 0.25) is 0 Å². The van der Waals surface area contributed by atoms with Crippen LogP contribution < -0.4 is 15.6 Å². The number of nitrogens with zero attached hydrogens (tertiary/aromatic N) is 2. The van der Waals surface area contributed by atoms with Crippen molar-refractivity contribution in [1.29, 1.82) is 0 Å². The molecule has 0 saturated carbocycles. The first kappa shape index (κ1) is 21.5. The molecule has 1 aromatic carbocycles. The van der Waals surface area contributed by atoms with Gasteiger partial charge in [-0.3, -0.25) is 4.79 Å². The Hall–Kier alpha value is -3.32. The van der Waals surface area contributed by atoms with Crippen LogP contribution in [0, 0.1) is 6.92 Å². The van der Waals surface area contributed by atoms with Gasteiger partial charge in [0.15, 0.2) is 0 Å². The third kappa shape index (κ3) is 2.99. The van der Waals surface area contributed by atoms with Gasteiger partial charge >= 0.3 is 0 Å². The lowest BCUT2D eigenvalue weighted by Gasteiger charge is -2.35. The summed E-state index contributed by atoms with van der Waals surface area (Å²) in [6.07, 6.45) is 0.360. The van der Waals surface area contributed by atoms with Crippen LogP contribution in [0.2, 0.25) is 0 Å². The number of ether oxygens (including phenoxy) is 2. The Balaban J connectivity index is 1.83. The van der Waals surface area contributed by atoms with Crippen LogP contribution in [-0.2, 0) is 23.5 Å². The van der Waals surface area contributed by atoms with Crippen molar-refractivity contribution in [2.75, 3.05) is 12.4 Å². The summed E-state index contributed by atoms with van der Waals surface area (Å²) < 4.78 is 12.9. The van der Waals surface area contributed by atoms with Crippen LogP contribution in [0.1, 0.15) is 49.4 Å². The highest BCUT2D eigenvalue weighted by Gasteiger charge is 2.41. The fourth-order valence-electron chi connectivity index (χ4n) is 5.00. The SMILES string of the molecule is C=C1OCc2c(cc3n(c2=O)Cc2c-3nc3cc(C)c(OC)cc3c2NC(C)C)[C@@]1(O)CC. The minimum atomic E-state index is -1.40. The quantitative estimate of drug-likeness (QED) is 0.488. The van der Waals surface area contributed by atoms with E-state index < -0.39 is 5.60 Å². The van der Waals surface area contributed by atoms with Crippen LogP contribution in [0.25, 0.3) is 22.3 Å². The topological polar surface area (TPSA) is 85.6 Å². The molecule has 3 aromatic rings. The summed E-state index contributed by atoms with van der Waals surface area (Å²) in [5.74, 6) is 1.07. The molecule has 0 bridgehead atoms. The smallest absolute Gasteiger partial charge is 0.258 e. The van der Waals surface area contributed by atoms with Crippen LogP contribution in [0.3, 0.4) is 0 Å². The minimum Gasteiger partial charge on any atom is -0.496 e. The fraction of sp³-hybridized carbons (Fsp3) is 0.385. The molecule has 2 aliphatic rings. The highest BCUT2D eigenvalue weighted by molar-refractivity contribution is 5.98. The van der Waals surface area contributed by atoms with Crippen molar-refractivity contribution < 1.29 is 14.6 Å². The zero-order valence-corrected chi connectivity index (χ0v) is 19.7. The van der Waals surface area contributed by atoms with E-state index in [4.69, 9.17) is 14.5 Å². The number of methoxy groups -OCH3 is 1. The van der Waals surface area contributed by atoms with E-state index >= 15 is 0 Å². The predicted octanol–water partition coefficient (Wildman–Crippen LogP) is 4.20.